The summed E-state index contributed by atoms with van der Waals surface area (Å²) in [7, 11) is 0. The lowest BCUT2D eigenvalue weighted by molar-refractivity contribution is -0.155. The summed E-state index contributed by atoms with van der Waals surface area (Å²) in [5.74, 6) is -0.808. The summed E-state index contributed by atoms with van der Waals surface area (Å²) in [5.41, 5.74) is 3.23. The molecule has 1 saturated carbocycles. The molecule has 0 heterocycles. The fraction of sp³-hybridized carbons (Fsp3) is 0.591. The molecule has 1 aromatic carbocycles. The fourth-order valence-corrected chi connectivity index (χ4v) is 3.98. The van der Waals surface area contributed by atoms with E-state index in [2.05, 4.69) is 5.32 Å². The van der Waals surface area contributed by atoms with Crippen LogP contribution in [0.4, 0.5) is 0 Å². The predicted molar refractivity (Wildman–Crippen MR) is 103 cm³/mol. The molecule has 2 aliphatic carbocycles. The second-order valence-corrected chi connectivity index (χ2v) is 7.74. The van der Waals surface area contributed by atoms with E-state index in [4.69, 9.17) is 4.74 Å². The van der Waals surface area contributed by atoms with Gasteiger partial charge in [0.05, 0.1) is 6.42 Å². The normalized spacial score (nSPS) is 17.8. The Hall–Kier alpha value is -2.17. The standard InChI is InChI=1S/C22H29NO4/c1-15(22(26)23-19-8-3-2-4-9-19)27-21(25)13-12-20(24)18-11-10-16-6-5-7-17(16)14-18/h10-11,14-15,19H,2-9,12-13H2,1H3,(H,23,26). The van der Waals surface area contributed by atoms with Crippen LogP contribution in [0.15, 0.2) is 18.2 Å². The molecule has 0 aromatic heterocycles. The van der Waals surface area contributed by atoms with Crippen LogP contribution in [0.1, 0.15) is 79.8 Å². The summed E-state index contributed by atoms with van der Waals surface area (Å²) in [6.07, 6.45) is 7.97. The van der Waals surface area contributed by atoms with Crippen LogP contribution in [0.2, 0.25) is 0 Å². The molecule has 1 atom stereocenters. The van der Waals surface area contributed by atoms with Gasteiger partial charge in [-0.25, -0.2) is 0 Å². The molecule has 1 fully saturated rings. The van der Waals surface area contributed by atoms with Gasteiger partial charge in [0.1, 0.15) is 0 Å². The number of rotatable bonds is 7. The molecule has 1 N–H and O–H groups in total. The minimum absolute atomic E-state index is 0.00301. The first-order valence-corrected chi connectivity index (χ1v) is 10.2. The van der Waals surface area contributed by atoms with E-state index in [1.807, 2.05) is 18.2 Å². The van der Waals surface area contributed by atoms with Gasteiger partial charge in [-0.3, -0.25) is 14.4 Å². The maximum Gasteiger partial charge on any atom is 0.307 e. The van der Waals surface area contributed by atoms with E-state index in [0.29, 0.717) is 5.56 Å². The van der Waals surface area contributed by atoms with Crippen molar-refractivity contribution in [2.75, 3.05) is 0 Å². The minimum Gasteiger partial charge on any atom is -0.453 e. The number of ether oxygens (including phenoxy) is 1. The van der Waals surface area contributed by atoms with E-state index in [0.717, 1.165) is 44.9 Å². The van der Waals surface area contributed by atoms with Crippen molar-refractivity contribution in [3.05, 3.63) is 34.9 Å². The van der Waals surface area contributed by atoms with Gasteiger partial charge < -0.3 is 10.1 Å². The number of carbonyl (C=O) groups is 3. The Labute approximate surface area is 160 Å². The van der Waals surface area contributed by atoms with Crippen LogP contribution in [-0.2, 0) is 27.2 Å². The lowest BCUT2D eigenvalue weighted by Crippen LogP contribution is -2.42. The van der Waals surface area contributed by atoms with E-state index >= 15 is 0 Å². The number of hydrogen-bond donors (Lipinski definition) is 1. The van der Waals surface area contributed by atoms with Gasteiger partial charge >= 0.3 is 5.97 Å². The average Bonchev–Trinajstić information content (AvgIpc) is 3.14. The number of benzene rings is 1. The fourth-order valence-electron chi connectivity index (χ4n) is 3.98. The van der Waals surface area contributed by atoms with Crippen molar-refractivity contribution >= 4 is 17.7 Å². The molecule has 27 heavy (non-hydrogen) atoms. The maximum atomic E-state index is 12.3. The molecule has 1 amide bonds. The number of aryl methyl sites for hydroxylation is 2. The number of Topliss-reactive ketones (excluding diaryl/α,β-unsaturated/α-hetero) is 1. The van der Waals surface area contributed by atoms with E-state index < -0.39 is 12.1 Å². The zero-order valence-electron chi connectivity index (χ0n) is 16.1. The lowest BCUT2D eigenvalue weighted by atomic mass is 9.95. The molecular weight excluding hydrogens is 342 g/mol. The van der Waals surface area contributed by atoms with Gasteiger partial charge in [0, 0.05) is 18.0 Å². The summed E-state index contributed by atoms with van der Waals surface area (Å²) >= 11 is 0. The molecule has 146 valence electrons. The minimum atomic E-state index is -0.825. The van der Waals surface area contributed by atoms with Gasteiger partial charge in [0.15, 0.2) is 11.9 Å². The number of ketones is 1. The van der Waals surface area contributed by atoms with Crippen molar-refractivity contribution in [2.45, 2.75) is 83.3 Å². The Balaban J connectivity index is 1.42. The van der Waals surface area contributed by atoms with Crippen LogP contribution in [0, 0.1) is 0 Å². The Morgan fingerprint density at radius 1 is 1.04 bits per heavy atom. The number of esters is 1. The van der Waals surface area contributed by atoms with Gasteiger partial charge in [-0.2, -0.15) is 0 Å². The predicted octanol–water partition coefficient (Wildman–Crippen LogP) is 3.52. The second kappa shape index (κ2) is 9.16. The third-order valence-electron chi connectivity index (χ3n) is 5.61. The van der Waals surface area contributed by atoms with Gasteiger partial charge in [0.2, 0.25) is 0 Å². The Morgan fingerprint density at radius 2 is 1.78 bits per heavy atom. The molecule has 3 rings (SSSR count). The molecule has 0 saturated heterocycles. The molecular formula is C22H29NO4. The van der Waals surface area contributed by atoms with Crippen LogP contribution in [0.5, 0.6) is 0 Å². The summed E-state index contributed by atoms with van der Waals surface area (Å²) in [6, 6.07) is 6.01. The first-order chi connectivity index (χ1) is 13.0. The van der Waals surface area contributed by atoms with Crippen molar-refractivity contribution in [1.82, 2.24) is 5.32 Å². The highest BCUT2D eigenvalue weighted by Gasteiger charge is 2.23. The summed E-state index contributed by atoms with van der Waals surface area (Å²) in [5, 5.41) is 2.96. The van der Waals surface area contributed by atoms with Crippen molar-refractivity contribution in [2.24, 2.45) is 0 Å². The van der Waals surface area contributed by atoms with Gasteiger partial charge in [-0.1, -0.05) is 31.4 Å². The molecule has 0 bridgehead atoms. The highest BCUT2D eigenvalue weighted by atomic mass is 16.5. The van der Waals surface area contributed by atoms with Crippen molar-refractivity contribution < 1.29 is 19.1 Å². The molecule has 0 aliphatic heterocycles. The molecule has 2 aliphatic rings. The van der Waals surface area contributed by atoms with Gasteiger partial charge in [-0.05, 0) is 56.2 Å². The molecule has 1 unspecified atom stereocenters. The maximum absolute atomic E-state index is 12.3. The summed E-state index contributed by atoms with van der Waals surface area (Å²) in [4.78, 5) is 36.5. The van der Waals surface area contributed by atoms with Crippen LogP contribution < -0.4 is 5.32 Å². The smallest absolute Gasteiger partial charge is 0.307 e. The van der Waals surface area contributed by atoms with E-state index in [9.17, 15) is 14.4 Å². The summed E-state index contributed by atoms with van der Waals surface area (Å²) in [6.45, 7) is 1.58. The third kappa shape index (κ3) is 5.41. The third-order valence-corrected chi connectivity index (χ3v) is 5.61. The largest absolute Gasteiger partial charge is 0.453 e. The van der Waals surface area contributed by atoms with Crippen LogP contribution in [0.25, 0.3) is 0 Å². The number of nitrogens with one attached hydrogen (secondary N) is 1. The quantitative estimate of drug-likeness (QED) is 0.588. The number of hydrogen-bond acceptors (Lipinski definition) is 4. The van der Waals surface area contributed by atoms with Crippen LogP contribution in [0.3, 0.4) is 0 Å². The first kappa shape index (κ1) is 19.6. The topological polar surface area (TPSA) is 72.5 Å². The first-order valence-electron chi connectivity index (χ1n) is 10.2. The zero-order chi connectivity index (χ0) is 19.2. The Bertz CT molecular complexity index is 706. The SMILES string of the molecule is CC(OC(=O)CCC(=O)c1ccc2c(c1)CCC2)C(=O)NC1CCCCC1. The van der Waals surface area contributed by atoms with Crippen LogP contribution in [-0.4, -0.2) is 29.8 Å². The summed E-state index contributed by atoms with van der Waals surface area (Å²) < 4.78 is 5.21. The van der Waals surface area contributed by atoms with Crippen molar-refractivity contribution in [1.29, 1.82) is 0 Å². The monoisotopic (exact) mass is 371 g/mol. The molecule has 0 spiro atoms. The Morgan fingerprint density at radius 3 is 2.56 bits per heavy atom. The van der Waals surface area contributed by atoms with Gasteiger partial charge in [-0.15, -0.1) is 0 Å². The number of fused-ring (bicyclic) bond motifs is 1. The van der Waals surface area contributed by atoms with E-state index in [1.54, 1.807) is 6.92 Å². The van der Waals surface area contributed by atoms with Crippen LogP contribution >= 0.6 is 0 Å². The lowest BCUT2D eigenvalue weighted by Gasteiger charge is -2.24. The molecule has 5 heteroatoms. The number of amides is 1. The molecule has 1 aromatic rings. The number of carbonyl (C=O) groups excluding carboxylic acids is 3. The highest BCUT2D eigenvalue weighted by Crippen LogP contribution is 2.23. The second-order valence-electron chi connectivity index (χ2n) is 7.74. The molecule has 0 radical (unpaired) electrons. The van der Waals surface area contributed by atoms with Gasteiger partial charge in [0.25, 0.3) is 5.91 Å². The average molecular weight is 371 g/mol. The zero-order valence-corrected chi connectivity index (χ0v) is 16.1. The molecule has 5 nitrogen and oxygen atoms in total. The van der Waals surface area contributed by atoms with Crippen molar-refractivity contribution in [3.63, 3.8) is 0 Å². The highest BCUT2D eigenvalue weighted by molar-refractivity contribution is 5.98. The van der Waals surface area contributed by atoms with Crippen molar-refractivity contribution in [3.8, 4) is 0 Å². The Kier molecular flexibility index (Phi) is 6.64. The van der Waals surface area contributed by atoms with E-state index in [1.165, 1.54) is 17.5 Å². The van der Waals surface area contributed by atoms with E-state index in [-0.39, 0.29) is 30.6 Å².